The lowest BCUT2D eigenvalue weighted by Crippen LogP contribution is -2.21. The Bertz CT molecular complexity index is 807. The van der Waals surface area contributed by atoms with E-state index in [-0.39, 0.29) is 11.3 Å². The second kappa shape index (κ2) is 6.01. The largest absolute Gasteiger partial charge is 0.507 e. The van der Waals surface area contributed by atoms with E-state index in [1.165, 1.54) is 0 Å². The molecule has 23 heavy (non-hydrogen) atoms. The Morgan fingerprint density at radius 1 is 1.04 bits per heavy atom. The molecule has 3 rings (SSSR count). The number of hydrogen-bond acceptors (Lipinski definition) is 3. The number of aliphatic hydroxyl groups excluding tert-OH is 1. The maximum absolute atomic E-state index is 12.2. The predicted octanol–water partition coefficient (Wildman–Crippen LogP) is 3.47. The molecule has 1 fully saturated rings. The van der Waals surface area contributed by atoms with Crippen molar-refractivity contribution < 1.29 is 14.7 Å². The van der Waals surface area contributed by atoms with Crippen LogP contribution in [0, 0.1) is 6.92 Å². The third-order valence-corrected chi connectivity index (χ3v) is 4.33. The van der Waals surface area contributed by atoms with Gasteiger partial charge in [-0.1, -0.05) is 57.9 Å². The van der Waals surface area contributed by atoms with Gasteiger partial charge in [0.1, 0.15) is 5.76 Å². The van der Waals surface area contributed by atoms with Gasteiger partial charge in [0.05, 0.1) is 11.6 Å². The number of benzene rings is 2. The number of aryl methyl sites for hydroxylation is 1. The molecule has 4 nitrogen and oxygen atoms in total. The van der Waals surface area contributed by atoms with Gasteiger partial charge in [0, 0.05) is 10.0 Å². The van der Waals surface area contributed by atoms with Gasteiger partial charge in [-0.15, -0.1) is 0 Å². The van der Waals surface area contributed by atoms with Gasteiger partial charge in [-0.2, -0.15) is 0 Å². The first-order valence-electron chi connectivity index (χ1n) is 7.08. The molecule has 116 valence electrons. The molecule has 0 radical (unpaired) electrons. The number of aliphatic hydroxyl groups is 1. The smallest absolute Gasteiger partial charge is 0.293 e. The first-order chi connectivity index (χ1) is 11.0. The molecular formula is C18H14BrNO3. The summed E-state index contributed by atoms with van der Waals surface area (Å²) in [4.78, 5) is 24.0. The fourth-order valence-electron chi connectivity index (χ4n) is 2.54. The molecule has 1 aliphatic heterocycles. The fourth-order valence-corrected chi connectivity index (χ4v) is 2.80. The molecule has 0 aliphatic carbocycles. The molecule has 1 aliphatic rings. The zero-order valence-electron chi connectivity index (χ0n) is 12.3. The standard InChI is InChI=1S/C18H14BrNO3/c1-10-2-4-12(5-3-10)16(21)14-15(20-18(23)17(14)22)11-6-8-13(19)9-7-11/h2-9,15,21H,1H3,(H,20,23)/t15-/m0/s1. The molecule has 5 heteroatoms. The van der Waals surface area contributed by atoms with Crippen molar-refractivity contribution in [3.8, 4) is 0 Å². The highest BCUT2D eigenvalue weighted by Crippen LogP contribution is 2.33. The zero-order chi connectivity index (χ0) is 16.6. The van der Waals surface area contributed by atoms with Gasteiger partial charge in [0.15, 0.2) is 0 Å². The van der Waals surface area contributed by atoms with Gasteiger partial charge >= 0.3 is 0 Å². The van der Waals surface area contributed by atoms with E-state index in [1.807, 2.05) is 31.2 Å². The molecule has 2 N–H and O–H groups in total. The SMILES string of the molecule is Cc1ccc(C(O)=C2C(=O)C(=O)N[C@H]2c2ccc(Br)cc2)cc1. The molecule has 0 bridgehead atoms. The van der Waals surface area contributed by atoms with E-state index in [2.05, 4.69) is 21.2 Å². The Morgan fingerprint density at radius 2 is 1.65 bits per heavy atom. The average molecular weight is 372 g/mol. The van der Waals surface area contributed by atoms with Crippen molar-refractivity contribution in [3.05, 3.63) is 75.3 Å². The van der Waals surface area contributed by atoms with Crippen molar-refractivity contribution in [1.29, 1.82) is 0 Å². The first kappa shape index (κ1) is 15.5. The summed E-state index contributed by atoms with van der Waals surface area (Å²) < 4.78 is 0.894. The highest BCUT2D eigenvalue weighted by molar-refractivity contribution is 9.10. The molecule has 0 aromatic heterocycles. The van der Waals surface area contributed by atoms with Crippen LogP contribution in [-0.2, 0) is 9.59 Å². The monoisotopic (exact) mass is 371 g/mol. The highest BCUT2D eigenvalue weighted by atomic mass is 79.9. The van der Waals surface area contributed by atoms with E-state index in [4.69, 9.17) is 0 Å². The molecular weight excluding hydrogens is 358 g/mol. The number of amides is 1. The van der Waals surface area contributed by atoms with Crippen LogP contribution in [0.5, 0.6) is 0 Å². The summed E-state index contributed by atoms with van der Waals surface area (Å²) >= 11 is 3.35. The van der Waals surface area contributed by atoms with Crippen molar-refractivity contribution in [3.63, 3.8) is 0 Å². The summed E-state index contributed by atoms with van der Waals surface area (Å²) in [7, 11) is 0. The predicted molar refractivity (Wildman–Crippen MR) is 90.8 cm³/mol. The summed E-state index contributed by atoms with van der Waals surface area (Å²) in [6, 6.07) is 13.7. The number of hydrogen-bond donors (Lipinski definition) is 2. The molecule has 1 amide bonds. The Kier molecular flexibility index (Phi) is 4.05. The minimum absolute atomic E-state index is 0.0844. The molecule has 1 saturated heterocycles. The van der Waals surface area contributed by atoms with Crippen LogP contribution in [-0.4, -0.2) is 16.8 Å². The van der Waals surface area contributed by atoms with Gasteiger partial charge in [-0.25, -0.2) is 0 Å². The number of carbonyl (C=O) groups excluding carboxylic acids is 2. The third-order valence-electron chi connectivity index (χ3n) is 3.80. The lowest BCUT2D eigenvalue weighted by molar-refractivity contribution is -0.133. The molecule has 1 heterocycles. The van der Waals surface area contributed by atoms with Gasteiger partial charge in [0.25, 0.3) is 11.7 Å². The zero-order valence-corrected chi connectivity index (χ0v) is 13.9. The highest BCUT2D eigenvalue weighted by Gasteiger charge is 2.39. The van der Waals surface area contributed by atoms with Crippen molar-refractivity contribution in [2.75, 3.05) is 0 Å². The molecule has 2 aromatic rings. The van der Waals surface area contributed by atoms with Crippen LogP contribution < -0.4 is 5.32 Å². The summed E-state index contributed by atoms with van der Waals surface area (Å²) in [5.41, 5.74) is 2.38. The third kappa shape index (κ3) is 2.92. The Labute approximate surface area is 142 Å². The summed E-state index contributed by atoms with van der Waals surface area (Å²) in [6.45, 7) is 1.93. The number of rotatable bonds is 2. The lowest BCUT2D eigenvalue weighted by atomic mass is 9.95. The molecule has 0 spiro atoms. The van der Waals surface area contributed by atoms with E-state index < -0.39 is 17.7 Å². The average Bonchev–Trinajstić information content (AvgIpc) is 2.84. The molecule has 0 saturated carbocycles. The Hall–Kier alpha value is -2.40. The maximum Gasteiger partial charge on any atom is 0.293 e. The van der Waals surface area contributed by atoms with Gasteiger partial charge < -0.3 is 10.4 Å². The Morgan fingerprint density at radius 3 is 2.26 bits per heavy atom. The fraction of sp³-hybridized carbons (Fsp3) is 0.111. The number of ketones is 1. The normalized spacial score (nSPS) is 19.7. The molecule has 1 atom stereocenters. The van der Waals surface area contributed by atoms with Crippen LogP contribution in [0.25, 0.3) is 5.76 Å². The second-order valence-corrected chi connectivity index (χ2v) is 6.33. The van der Waals surface area contributed by atoms with Crippen molar-refractivity contribution in [1.82, 2.24) is 5.32 Å². The van der Waals surface area contributed by atoms with E-state index >= 15 is 0 Å². The topological polar surface area (TPSA) is 66.4 Å². The van der Waals surface area contributed by atoms with E-state index in [9.17, 15) is 14.7 Å². The minimum Gasteiger partial charge on any atom is -0.507 e. The second-order valence-electron chi connectivity index (χ2n) is 5.42. The quantitative estimate of drug-likeness (QED) is 0.482. The number of Topliss-reactive ketones (excluding diaryl/α,β-unsaturated/α-hetero) is 1. The van der Waals surface area contributed by atoms with Crippen molar-refractivity contribution in [2.45, 2.75) is 13.0 Å². The minimum atomic E-state index is -0.702. The van der Waals surface area contributed by atoms with Gasteiger partial charge in [-0.3, -0.25) is 9.59 Å². The first-order valence-corrected chi connectivity index (χ1v) is 7.87. The van der Waals surface area contributed by atoms with Crippen molar-refractivity contribution >= 4 is 33.4 Å². The Balaban J connectivity index is 2.10. The van der Waals surface area contributed by atoms with Crippen LogP contribution >= 0.6 is 15.9 Å². The van der Waals surface area contributed by atoms with Crippen LogP contribution in [0.2, 0.25) is 0 Å². The van der Waals surface area contributed by atoms with Crippen LogP contribution in [0.15, 0.2) is 58.6 Å². The number of nitrogens with one attached hydrogen (secondary N) is 1. The molecule has 0 unspecified atom stereocenters. The number of halogens is 1. The van der Waals surface area contributed by atoms with E-state index in [1.54, 1.807) is 24.3 Å². The summed E-state index contributed by atoms with van der Waals surface area (Å²) in [5.74, 6) is -1.57. The van der Waals surface area contributed by atoms with E-state index in [0.717, 1.165) is 15.6 Å². The van der Waals surface area contributed by atoms with Gasteiger partial charge in [-0.05, 0) is 24.6 Å². The maximum atomic E-state index is 12.2. The van der Waals surface area contributed by atoms with Crippen LogP contribution in [0.4, 0.5) is 0 Å². The van der Waals surface area contributed by atoms with Crippen LogP contribution in [0.3, 0.4) is 0 Å². The number of carbonyl (C=O) groups is 2. The molecule has 2 aromatic carbocycles. The van der Waals surface area contributed by atoms with Gasteiger partial charge in [0.2, 0.25) is 0 Å². The summed E-state index contributed by atoms with van der Waals surface area (Å²) in [5, 5.41) is 13.2. The summed E-state index contributed by atoms with van der Waals surface area (Å²) in [6.07, 6.45) is 0. The van der Waals surface area contributed by atoms with Crippen molar-refractivity contribution in [2.24, 2.45) is 0 Å². The van der Waals surface area contributed by atoms with E-state index in [0.29, 0.717) is 5.56 Å². The lowest BCUT2D eigenvalue weighted by Gasteiger charge is -2.14. The van der Waals surface area contributed by atoms with Crippen LogP contribution in [0.1, 0.15) is 22.7 Å².